The fraction of sp³-hybridized carbons (Fsp3) is 0.400. The molecule has 18 heavy (non-hydrogen) atoms. The van der Waals surface area contributed by atoms with Crippen molar-refractivity contribution in [3.8, 4) is 0 Å². The van der Waals surface area contributed by atoms with Crippen LogP contribution in [0.2, 0.25) is 0 Å². The van der Waals surface area contributed by atoms with Gasteiger partial charge in [0.25, 0.3) is 0 Å². The summed E-state index contributed by atoms with van der Waals surface area (Å²) in [4.78, 5) is 4.68. The molecule has 0 saturated carbocycles. The SMILES string of the molecule is N[C@H](c1ccc2ccccc2n1)C1CCOCC1. The van der Waals surface area contributed by atoms with E-state index in [2.05, 4.69) is 23.2 Å². The molecule has 2 heterocycles. The Balaban J connectivity index is 1.88. The van der Waals surface area contributed by atoms with Gasteiger partial charge in [0, 0.05) is 18.6 Å². The second kappa shape index (κ2) is 5.04. The Labute approximate surface area is 107 Å². The molecule has 0 bridgehead atoms. The molecule has 1 aliphatic rings. The van der Waals surface area contributed by atoms with Crippen LogP contribution in [0.25, 0.3) is 10.9 Å². The van der Waals surface area contributed by atoms with Gasteiger partial charge in [-0.3, -0.25) is 4.98 Å². The van der Waals surface area contributed by atoms with Crippen molar-refractivity contribution in [2.75, 3.05) is 13.2 Å². The van der Waals surface area contributed by atoms with E-state index in [4.69, 9.17) is 10.5 Å². The molecule has 0 unspecified atom stereocenters. The van der Waals surface area contributed by atoms with Crippen LogP contribution < -0.4 is 5.73 Å². The van der Waals surface area contributed by atoms with Crippen molar-refractivity contribution in [1.29, 1.82) is 0 Å². The first-order chi connectivity index (χ1) is 8.84. The quantitative estimate of drug-likeness (QED) is 0.880. The number of ether oxygens (including phenoxy) is 1. The van der Waals surface area contributed by atoms with E-state index >= 15 is 0 Å². The maximum Gasteiger partial charge on any atom is 0.0706 e. The maximum atomic E-state index is 6.34. The first kappa shape index (κ1) is 11.6. The standard InChI is InChI=1S/C15H18N2O/c16-15(12-7-9-18-10-8-12)14-6-5-11-3-1-2-4-13(11)17-14/h1-6,12,15H,7-10,16H2/t15-/m0/s1. The van der Waals surface area contributed by atoms with Crippen molar-refractivity contribution in [2.24, 2.45) is 11.7 Å². The molecule has 1 fully saturated rings. The number of hydrogen-bond acceptors (Lipinski definition) is 3. The molecular formula is C15H18N2O. The molecule has 1 aliphatic heterocycles. The number of nitrogens with two attached hydrogens (primary N) is 1. The summed E-state index contributed by atoms with van der Waals surface area (Å²) in [5.74, 6) is 0.493. The molecule has 3 heteroatoms. The van der Waals surface area contributed by atoms with Crippen LogP contribution >= 0.6 is 0 Å². The van der Waals surface area contributed by atoms with Gasteiger partial charge in [0.2, 0.25) is 0 Å². The number of pyridine rings is 1. The van der Waals surface area contributed by atoms with Gasteiger partial charge >= 0.3 is 0 Å². The summed E-state index contributed by atoms with van der Waals surface area (Å²) < 4.78 is 5.38. The summed E-state index contributed by atoms with van der Waals surface area (Å²) in [6.07, 6.45) is 2.07. The van der Waals surface area contributed by atoms with Crippen molar-refractivity contribution in [1.82, 2.24) is 4.98 Å². The lowest BCUT2D eigenvalue weighted by Crippen LogP contribution is -2.28. The van der Waals surface area contributed by atoms with Gasteiger partial charge in [-0.2, -0.15) is 0 Å². The molecule has 2 aromatic rings. The number of hydrogen-bond donors (Lipinski definition) is 1. The Kier molecular flexibility index (Phi) is 3.26. The third-order valence-electron chi connectivity index (χ3n) is 3.74. The largest absolute Gasteiger partial charge is 0.381 e. The zero-order valence-corrected chi connectivity index (χ0v) is 10.4. The lowest BCUT2D eigenvalue weighted by Gasteiger charge is -2.27. The molecule has 3 nitrogen and oxygen atoms in total. The molecule has 3 rings (SSSR count). The molecule has 0 amide bonds. The molecule has 1 aromatic carbocycles. The second-order valence-electron chi connectivity index (χ2n) is 4.90. The highest BCUT2D eigenvalue weighted by molar-refractivity contribution is 5.78. The second-order valence-corrected chi connectivity index (χ2v) is 4.90. The van der Waals surface area contributed by atoms with Crippen molar-refractivity contribution < 1.29 is 4.74 Å². The summed E-state index contributed by atoms with van der Waals surface area (Å²) in [6.45, 7) is 1.65. The summed E-state index contributed by atoms with van der Waals surface area (Å²) in [7, 11) is 0. The van der Waals surface area contributed by atoms with Crippen LogP contribution in [0.3, 0.4) is 0 Å². The third kappa shape index (κ3) is 2.24. The van der Waals surface area contributed by atoms with Crippen LogP contribution in [0.15, 0.2) is 36.4 Å². The highest BCUT2D eigenvalue weighted by atomic mass is 16.5. The molecule has 1 atom stereocenters. The van der Waals surface area contributed by atoms with E-state index in [9.17, 15) is 0 Å². The summed E-state index contributed by atoms with van der Waals surface area (Å²) >= 11 is 0. The van der Waals surface area contributed by atoms with Crippen LogP contribution in [-0.2, 0) is 4.74 Å². The topological polar surface area (TPSA) is 48.1 Å². The van der Waals surface area contributed by atoms with Crippen molar-refractivity contribution in [2.45, 2.75) is 18.9 Å². The van der Waals surface area contributed by atoms with E-state index in [0.29, 0.717) is 5.92 Å². The van der Waals surface area contributed by atoms with Gasteiger partial charge in [0.05, 0.1) is 17.3 Å². The fourth-order valence-corrected chi connectivity index (χ4v) is 2.58. The predicted molar refractivity (Wildman–Crippen MR) is 72.2 cm³/mol. The van der Waals surface area contributed by atoms with Gasteiger partial charge in [-0.1, -0.05) is 24.3 Å². The number of benzene rings is 1. The Morgan fingerprint density at radius 1 is 1.11 bits per heavy atom. The molecule has 0 radical (unpaired) electrons. The number of fused-ring (bicyclic) bond motifs is 1. The molecule has 1 saturated heterocycles. The van der Waals surface area contributed by atoms with E-state index in [1.807, 2.05) is 18.2 Å². The number of nitrogens with zero attached hydrogens (tertiary/aromatic N) is 1. The molecule has 0 aliphatic carbocycles. The van der Waals surface area contributed by atoms with Crippen LogP contribution in [-0.4, -0.2) is 18.2 Å². The highest BCUT2D eigenvalue weighted by Gasteiger charge is 2.23. The molecular weight excluding hydrogens is 224 g/mol. The number of rotatable bonds is 2. The summed E-state index contributed by atoms with van der Waals surface area (Å²) in [5.41, 5.74) is 8.37. The normalized spacial score (nSPS) is 18.9. The Hall–Kier alpha value is -1.45. The summed E-state index contributed by atoms with van der Waals surface area (Å²) in [5, 5.41) is 1.17. The van der Waals surface area contributed by atoms with E-state index in [1.165, 1.54) is 5.39 Å². The van der Waals surface area contributed by atoms with E-state index in [0.717, 1.165) is 37.3 Å². The fourth-order valence-electron chi connectivity index (χ4n) is 2.58. The van der Waals surface area contributed by atoms with E-state index < -0.39 is 0 Å². The smallest absolute Gasteiger partial charge is 0.0706 e. The Bertz CT molecular complexity index is 535. The van der Waals surface area contributed by atoms with Gasteiger partial charge in [-0.05, 0) is 30.9 Å². The number of para-hydroxylation sites is 1. The highest BCUT2D eigenvalue weighted by Crippen LogP contribution is 2.27. The van der Waals surface area contributed by atoms with Crippen molar-refractivity contribution in [3.63, 3.8) is 0 Å². The number of aromatic nitrogens is 1. The van der Waals surface area contributed by atoms with Crippen LogP contribution in [0, 0.1) is 5.92 Å². The first-order valence-electron chi connectivity index (χ1n) is 6.53. The van der Waals surface area contributed by atoms with Gasteiger partial charge in [-0.25, -0.2) is 0 Å². The minimum absolute atomic E-state index is 0.0264. The van der Waals surface area contributed by atoms with Crippen molar-refractivity contribution in [3.05, 3.63) is 42.1 Å². The zero-order chi connectivity index (χ0) is 12.4. The molecule has 1 aromatic heterocycles. The first-order valence-corrected chi connectivity index (χ1v) is 6.53. The van der Waals surface area contributed by atoms with E-state index in [-0.39, 0.29) is 6.04 Å². The lowest BCUT2D eigenvalue weighted by atomic mass is 9.90. The van der Waals surface area contributed by atoms with Crippen LogP contribution in [0.1, 0.15) is 24.6 Å². The average Bonchev–Trinajstić information content (AvgIpc) is 2.47. The predicted octanol–water partition coefficient (Wildman–Crippen LogP) is 2.66. The van der Waals surface area contributed by atoms with Gasteiger partial charge < -0.3 is 10.5 Å². The average molecular weight is 242 g/mol. The van der Waals surface area contributed by atoms with Gasteiger partial charge in [0.15, 0.2) is 0 Å². The third-order valence-corrected chi connectivity index (χ3v) is 3.74. The molecule has 0 spiro atoms. The van der Waals surface area contributed by atoms with Crippen molar-refractivity contribution >= 4 is 10.9 Å². The molecule has 2 N–H and O–H groups in total. The van der Waals surface area contributed by atoms with Gasteiger partial charge in [0.1, 0.15) is 0 Å². The minimum atomic E-state index is 0.0264. The summed E-state index contributed by atoms with van der Waals surface area (Å²) in [6, 6.07) is 12.3. The van der Waals surface area contributed by atoms with Crippen LogP contribution in [0.5, 0.6) is 0 Å². The van der Waals surface area contributed by atoms with Gasteiger partial charge in [-0.15, -0.1) is 0 Å². The zero-order valence-electron chi connectivity index (χ0n) is 10.4. The monoisotopic (exact) mass is 242 g/mol. The lowest BCUT2D eigenvalue weighted by molar-refractivity contribution is 0.0580. The van der Waals surface area contributed by atoms with Crippen LogP contribution in [0.4, 0.5) is 0 Å². The van der Waals surface area contributed by atoms with E-state index in [1.54, 1.807) is 0 Å². The Morgan fingerprint density at radius 2 is 1.89 bits per heavy atom. The Morgan fingerprint density at radius 3 is 2.72 bits per heavy atom. The molecule has 94 valence electrons. The maximum absolute atomic E-state index is 6.34. The minimum Gasteiger partial charge on any atom is -0.381 e.